The van der Waals surface area contributed by atoms with Crippen molar-refractivity contribution in [1.82, 2.24) is 24.5 Å². The number of rotatable bonds is 2. The van der Waals surface area contributed by atoms with Gasteiger partial charge in [0.25, 0.3) is 5.56 Å². The van der Waals surface area contributed by atoms with Gasteiger partial charge in [0.15, 0.2) is 0 Å². The van der Waals surface area contributed by atoms with Gasteiger partial charge in [-0.2, -0.15) is 0 Å². The number of piperidine rings is 1. The molecule has 2 aromatic rings. The summed E-state index contributed by atoms with van der Waals surface area (Å²) in [6, 6.07) is 5.00. The number of hydrogen-bond acceptors (Lipinski definition) is 5. The average molecular weight is 315 g/mol. The normalized spacial score (nSPS) is 23.2. The highest BCUT2D eigenvalue weighted by molar-refractivity contribution is 5.76. The van der Waals surface area contributed by atoms with E-state index in [-0.39, 0.29) is 30.2 Å². The van der Waals surface area contributed by atoms with Gasteiger partial charge in [0.2, 0.25) is 5.91 Å². The number of likely N-dealkylation sites (tertiary alicyclic amines) is 1. The fourth-order valence-electron chi connectivity index (χ4n) is 3.25. The Hall–Kier alpha value is -2.48. The molecule has 0 N–H and O–H groups in total. The number of amides is 1. The van der Waals surface area contributed by atoms with E-state index in [2.05, 4.69) is 10.3 Å². The van der Waals surface area contributed by atoms with E-state index < -0.39 is 0 Å². The third kappa shape index (κ3) is 2.55. The lowest BCUT2D eigenvalue weighted by atomic mass is 10.00. The molecule has 2 atom stereocenters. The smallest absolute Gasteiger partial charge is 0.250 e. The largest absolute Gasteiger partial charge is 0.368 e. The van der Waals surface area contributed by atoms with E-state index in [1.807, 2.05) is 4.68 Å². The number of pyridine rings is 1. The van der Waals surface area contributed by atoms with Crippen molar-refractivity contribution in [2.45, 2.75) is 31.7 Å². The third-order valence-electron chi connectivity index (χ3n) is 4.49. The first-order valence-corrected chi connectivity index (χ1v) is 7.66. The Labute approximate surface area is 132 Å². The van der Waals surface area contributed by atoms with Gasteiger partial charge >= 0.3 is 0 Å². The highest BCUT2D eigenvalue weighted by Crippen LogP contribution is 2.30. The van der Waals surface area contributed by atoms with E-state index in [4.69, 9.17) is 4.74 Å². The molecule has 1 amide bonds. The maximum absolute atomic E-state index is 12.5. The molecule has 0 spiro atoms. The van der Waals surface area contributed by atoms with Gasteiger partial charge in [-0.05, 0) is 12.5 Å². The first-order chi connectivity index (χ1) is 11.2. The van der Waals surface area contributed by atoms with Crippen molar-refractivity contribution in [3.8, 4) is 0 Å². The molecule has 2 aliphatic heterocycles. The molecule has 0 aliphatic carbocycles. The third-order valence-corrected chi connectivity index (χ3v) is 4.49. The number of carbonyl (C=O) groups excluding carboxylic acids is 1. The van der Waals surface area contributed by atoms with Crippen molar-refractivity contribution >= 4 is 5.91 Å². The lowest BCUT2D eigenvalue weighted by Crippen LogP contribution is -2.51. The van der Waals surface area contributed by atoms with Crippen LogP contribution in [0, 0.1) is 0 Å². The Morgan fingerprint density at radius 1 is 1.39 bits per heavy atom. The zero-order chi connectivity index (χ0) is 15.8. The van der Waals surface area contributed by atoms with Gasteiger partial charge in [0.1, 0.15) is 6.54 Å². The summed E-state index contributed by atoms with van der Waals surface area (Å²) in [6.07, 6.45) is 4.05. The predicted molar refractivity (Wildman–Crippen MR) is 79.5 cm³/mol. The van der Waals surface area contributed by atoms with E-state index in [1.54, 1.807) is 29.4 Å². The van der Waals surface area contributed by atoms with Crippen LogP contribution in [0.25, 0.3) is 0 Å². The van der Waals surface area contributed by atoms with Gasteiger partial charge in [0.05, 0.1) is 30.6 Å². The topological polar surface area (TPSA) is 82.2 Å². The molecule has 8 heteroatoms. The molecular formula is C15H17N5O3. The van der Waals surface area contributed by atoms with Crippen LogP contribution in [0.5, 0.6) is 0 Å². The minimum atomic E-state index is -0.170. The lowest BCUT2D eigenvalue weighted by Gasteiger charge is -2.41. The van der Waals surface area contributed by atoms with Crippen LogP contribution in [0.1, 0.15) is 18.2 Å². The van der Waals surface area contributed by atoms with Crippen LogP contribution in [0.15, 0.2) is 35.4 Å². The summed E-state index contributed by atoms with van der Waals surface area (Å²) in [4.78, 5) is 26.0. The van der Waals surface area contributed by atoms with Crippen molar-refractivity contribution < 1.29 is 9.53 Å². The Bertz CT molecular complexity index is 783. The second-order valence-electron chi connectivity index (χ2n) is 5.88. The summed E-state index contributed by atoms with van der Waals surface area (Å²) in [5.74, 6) is -0.0651. The highest BCUT2D eigenvalue weighted by Gasteiger charge is 2.37. The Kier molecular flexibility index (Phi) is 3.45. The molecule has 2 aliphatic rings. The van der Waals surface area contributed by atoms with E-state index in [0.717, 1.165) is 12.1 Å². The van der Waals surface area contributed by atoms with Crippen LogP contribution in [0.3, 0.4) is 0 Å². The van der Waals surface area contributed by atoms with Crippen LogP contribution in [-0.4, -0.2) is 49.6 Å². The van der Waals surface area contributed by atoms with Crippen molar-refractivity contribution in [3.05, 3.63) is 46.6 Å². The number of nitrogens with zero attached hydrogens (tertiary/aromatic N) is 5. The van der Waals surface area contributed by atoms with Gasteiger partial charge < -0.3 is 14.2 Å². The second kappa shape index (κ2) is 5.62. The first kappa shape index (κ1) is 14.1. The number of ether oxygens (including phenoxy) is 1. The van der Waals surface area contributed by atoms with Gasteiger partial charge in [-0.3, -0.25) is 9.59 Å². The Morgan fingerprint density at radius 3 is 3.17 bits per heavy atom. The van der Waals surface area contributed by atoms with Crippen LogP contribution in [-0.2, 0) is 22.7 Å². The molecule has 4 rings (SSSR count). The summed E-state index contributed by atoms with van der Waals surface area (Å²) in [5.41, 5.74) is 0.804. The molecule has 4 heterocycles. The Morgan fingerprint density at radius 2 is 2.30 bits per heavy atom. The van der Waals surface area contributed by atoms with Gasteiger partial charge in [-0.25, -0.2) is 4.68 Å². The molecule has 23 heavy (non-hydrogen) atoms. The lowest BCUT2D eigenvalue weighted by molar-refractivity contribution is -0.140. The van der Waals surface area contributed by atoms with Gasteiger partial charge in [0, 0.05) is 25.4 Å². The van der Waals surface area contributed by atoms with Gasteiger partial charge in [-0.1, -0.05) is 11.3 Å². The molecule has 1 fully saturated rings. The molecule has 1 saturated heterocycles. The standard InChI is InChI=1S/C15H17N5O3/c21-14-3-1-2-5-18(14)9-15(22)19-6-4-12-13(8-19)23-10-11-7-16-17-20(11)12/h1-3,5,7,12-13H,4,6,8-10H2/t12-,13-/m0/s1. The average Bonchev–Trinajstić information content (AvgIpc) is 3.05. The summed E-state index contributed by atoms with van der Waals surface area (Å²) >= 11 is 0. The zero-order valence-electron chi connectivity index (χ0n) is 12.5. The van der Waals surface area contributed by atoms with E-state index >= 15 is 0 Å². The van der Waals surface area contributed by atoms with Crippen LogP contribution >= 0.6 is 0 Å². The van der Waals surface area contributed by atoms with E-state index in [9.17, 15) is 9.59 Å². The van der Waals surface area contributed by atoms with Crippen molar-refractivity contribution in [3.63, 3.8) is 0 Å². The van der Waals surface area contributed by atoms with Crippen molar-refractivity contribution in [1.29, 1.82) is 0 Å². The fourth-order valence-corrected chi connectivity index (χ4v) is 3.25. The zero-order valence-corrected chi connectivity index (χ0v) is 12.5. The molecule has 2 aromatic heterocycles. The summed E-state index contributed by atoms with van der Waals surface area (Å²) in [5, 5.41) is 8.06. The molecule has 120 valence electrons. The number of hydrogen-bond donors (Lipinski definition) is 0. The highest BCUT2D eigenvalue weighted by atomic mass is 16.5. The van der Waals surface area contributed by atoms with Gasteiger partial charge in [-0.15, -0.1) is 5.10 Å². The van der Waals surface area contributed by atoms with Crippen LogP contribution in [0.4, 0.5) is 0 Å². The molecule has 0 saturated carbocycles. The monoisotopic (exact) mass is 315 g/mol. The SMILES string of the molecule is O=C(Cn1ccccc1=O)N1CC[C@H]2[C@H](C1)OCc1cnnn12. The minimum absolute atomic E-state index is 0.0611. The number of aromatic nitrogens is 4. The molecule has 0 bridgehead atoms. The number of carbonyl (C=O) groups is 1. The van der Waals surface area contributed by atoms with Crippen molar-refractivity contribution in [2.24, 2.45) is 0 Å². The molecular weight excluding hydrogens is 298 g/mol. The predicted octanol–water partition coefficient (Wildman–Crippen LogP) is -0.188. The minimum Gasteiger partial charge on any atom is -0.368 e. The Balaban J connectivity index is 1.46. The molecule has 0 radical (unpaired) electrons. The van der Waals surface area contributed by atoms with Crippen LogP contribution < -0.4 is 5.56 Å². The number of fused-ring (bicyclic) bond motifs is 3. The van der Waals surface area contributed by atoms with Crippen LogP contribution in [0.2, 0.25) is 0 Å². The quantitative estimate of drug-likeness (QED) is 0.767. The first-order valence-electron chi connectivity index (χ1n) is 7.66. The molecule has 0 aromatic carbocycles. The van der Waals surface area contributed by atoms with Crippen molar-refractivity contribution in [2.75, 3.05) is 13.1 Å². The molecule has 0 unspecified atom stereocenters. The fraction of sp³-hybridized carbons (Fsp3) is 0.467. The maximum Gasteiger partial charge on any atom is 0.250 e. The van der Waals surface area contributed by atoms with E-state index in [0.29, 0.717) is 19.7 Å². The summed E-state index contributed by atoms with van der Waals surface area (Å²) in [6.45, 7) is 1.68. The molecule has 8 nitrogen and oxygen atoms in total. The summed E-state index contributed by atoms with van der Waals surface area (Å²) < 4.78 is 9.19. The maximum atomic E-state index is 12.5. The van der Waals surface area contributed by atoms with E-state index in [1.165, 1.54) is 10.6 Å². The summed E-state index contributed by atoms with van der Waals surface area (Å²) in [7, 11) is 0. The second-order valence-corrected chi connectivity index (χ2v) is 5.88.